The van der Waals surface area contributed by atoms with E-state index in [1.807, 2.05) is 0 Å². The van der Waals surface area contributed by atoms with Crippen LogP contribution in [0.4, 0.5) is 0 Å². The second-order valence-electron chi connectivity index (χ2n) is 7.35. The van der Waals surface area contributed by atoms with Crippen molar-refractivity contribution >= 4 is 23.0 Å². The molecule has 26 heavy (non-hydrogen) atoms. The molecule has 0 rings (SSSR count). The van der Waals surface area contributed by atoms with E-state index in [1.54, 1.807) is 0 Å². The first-order valence-corrected chi connectivity index (χ1v) is 12.6. The van der Waals surface area contributed by atoms with Crippen LogP contribution >= 0.6 is 12.9 Å². The van der Waals surface area contributed by atoms with Crippen LogP contribution in [0.15, 0.2) is 0 Å². The van der Waals surface area contributed by atoms with Crippen LogP contribution < -0.4 is 29.6 Å². The van der Waals surface area contributed by atoms with E-state index in [0.717, 1.165) is 12.8 Å². The summed E-state index contributed by atoms with van der Waals surface area (Å²) in [5.74, 6) is 0.0925. The van der Waals surface area contributed by atoms with E-state index >= 15 is 0 Å². The summed E-state index contributed by atoms with van der Waals surface area (Å²) in [4.78, 5) is 0. The zero-order valence-corrected chi connectivity index (χ0v) is 21.2. The summed E-state index contributed by atoms with van der Waals surface area (Å²) in [6.07, 6.45) is 23.5. The molecule has 0 aliphatic carbocycles. The van der Waals surface area contributed by atoms with Gasteiger partial charge in [-0.1, -0.05) is 116 Å². The third kappa shape index (κ3) is 23.3. The average molecular weight is 419 g/mol. The number of rotatable bonds is 20. The summed E-state index contributed by atoms with van der Waals surface area (Å²) < 4.78 is 26.3. The van der Waals surface area contributed by atoms with Crippen molar-refractivity contribution in [3.63, 3.8) is 0 Å². The molecule has 154 valence electrons. The van der Waals surface area contributed by atoms with Gasteiger partial charge in [-0.25, -0.2) is 3.63 Å². The summed E-state index contributed by atoms with van der Waals surface area (Å²) in [6, 6.07) is 0. The van der Waals surface area contributed by atoms with Gasteiger partial charge in [0, 0.05) is 0 Å². The van der Waals surface area contributed by atoms with Crippen LogP contribution in [-0.4, -0.2) is 14.2 Å². The Morgan fingerprint density at radius 2 is 0.885 bits per heavy atom. The summed E-state index contributed by atoms with van der Waals surface area (Å²) in [7, 11) is -3.38. The normalized spacial score (nSPS) is 11.5. The summed E-state index contributed by atoms with van der Waals surface area (Å²) in [5, 5.41) is 0. The monoisotopic (exact) mass is 418 g/mol. The molecule has 0 saturated carbocycles. The van der Waals surface area contributed by atoms with Crippen molar-refractivity contribution in [2.75, 3.05) is 5.75 Å². The number of hydrogen-bond acceptors (Lipinski definition) is 4. The smallest absolute Gasteiger partial charge is 1.00 e. The Bertz CT molecular complexity index is 368. The van der Waals surface area contributed by atoms with Crippen LogP contribution in [0.25, 0.3) is 0 Å². The topological polar surface area (TPSA) is 43.4 Å². The Morgan fingerprint density at radius 3 is 1.15 bits per heavy atom. The molecule has 0 saturated heterocycles. The van der Waals surface area contributed by atoms with Gasteiger partial charge in [0.05, 0.1) is 5.75 Å². The van der Waals surface area contributed by atoms with Gasteiger partial charge >= 0.3 is 29.6 Å². The van der Waals surface area contributed by atoms with E-state index < -0.39 is 10.1 Å². The van der Waals surface area contributed by atoms with Gasteiger partial charge < -0.3 is 1.43 Å². The Kier molecular flexibility index (Phi) is 25.5. The maximum atomic E-state index is 11.1. The van der Waals surface area contributed by atoms with Crippen LogP contribution in [-0.2, 0) is 13.7 Å². The molecular formula is C20H43NaO3S2. The van der Waals surface area contributed by atoms with Gasteiger partial charge in [-0.3, -0.25) is 0 Å². The Balaban J connectivity index is -0.00000288. The summed E-state index contributed by atoms with van der Waals surface area (Å²) in [5.41, 5.74) is 0. The third-order valence-electron chi connectivity index (χ3n) is 4.86. The Hall–Kier alpha value is 1.26. The van der Waals surface area contributed by atoms with Gasteiger partial charge in [-0.05, 0) is 19.3 Å². The van der Waals surface area contributed by atoms with E-state index in [1.165, 1.54) is 96.3 Å². The van der Waals surface area contributed by atoms with E-state index in [9.17, 15) is 8.42 Å². The molecule has 0 amide bonds. The fourth-order valence-electron chi connectivity index (χ4n) is 3.22. The van der Waals surface area contributed by atoms with Gasteiger partial charge in [0.2, 0.25) is 0 Å². The summed E-state index contributed by atoms with van der Waals surface area (Å²) in [6.45, 7) is 2.27. The maximum Gasteiger partial charge on any atom is 1.00 e. The molecule has 0 atom stereocenters. The first-order valence-electron chi connectivity index (χ1n) is 10.7. The molecule has 0 aliphatic heterocycles. The minimum atomic E-state index is -3.38. The van der Waals surface area contributed by atoms with Crippen LogP contribution in [0.3, 0.4) is 0 Å². The minimum Gasteiger partial charge on any atom is -1.00 e. The number of thiol groups is 1. The zero-order chi connectivity index (χ0) is 18.6. The number of unbranched alkanes of at least 4 members (excludes halogenated alkanes) is 17. The first kappa shape index (κ1) is 29.5. The average Bonchev–Trinajstić information content (AvgIpc) is 2.60. The molecule has 0 fully saturated rings. The van der Waals surface area contributed by atoms with Gasteiger partial charge in [-0.2, -0.15) is 8.42 Å². The molecule has 0 heterocycles. The van der Waals surface area contributed by atoms with Gasteiger partial charge in [0.25, 0.3) is 10.1 Å². The third-order valence-corrected chi connectivity index (χ3v) is 6.56. The second kappa shape index (κ2) is 22.5. The van der Waals surface area contributed by atoms with Crippen molar-refractivity contribution < 1.29 is 43.0 Å². The molecule has 0 aliphatic rings. The predicted molar refractivity (Wildman–Crippen MR) is 114 cm³/mol. The molecular weight excluding hydrogens is 375 g/mol. The molecule has 0 aromatic rings. The molecule has 6 heteroatoms. The molecule has 0 aromatic carbocycles. The summed E-state index contributed by atoms with van der Waals surface area (Å²) >= 11 is 3.35. The quantitative estimate of drug-likeness (QED) is 0.138. The van der Waals surface area contributed by atoms with Crippen LogP contribution in [0.1, 0.15) is 124 Å². The predicted octanol–water partition coefficient (Wildman–Crippen LogP) is 4.34. The van der Waals surface area contributed by atoms with E-state index in [0.29, 0.717) is 6.42 Å². The van der Waals surface area contributed by atoms with E-state index in [4.69, 9.17) is 0 Å². The standard InChI is InChI=1S/C20H42O3S2.Na.H/c1-2-3-4-5-6-7-8-9-10-11-12-13-14-15-16-17-18-19-20-25(21,22)23-24;;/h24H,2-20H2,1H3;;/q;+1;-1. The fourth-order valence-corrected chi connectivity index (χ4v) is 4.07. The fraction of sp³-hybridized carbons (Fsp3) is 1.00. The van der Waals surface area contributed by atoms with E-state index in [-0.39, 0.29) is 36.7 Å². The Morgan fingerprint density at radius 1 is 0.615 bits per heavy atom. The Labute approximate surface area is 193 Å². The van der Waals surface area contributed by atoms with Gasteiger partial charge in [-0.15, -0.1) is 0 Å². The molecule has 0 N–H and O–H groups in total. The molecule has 0 unspecified atom stereocenters. The number of hydrogen-bond donors (Lipinski definition) is 1. The van der Waals surface area contributed by atoms with Gasteiger partial charge in [0.1, 0.15) is 0 Å². The SMILES string of the molecule is CCCCCCCCCCCCCCCCCCCCS(=O)(=O)OS.[H-].[Na+]. The molecule has 0 radical (unpaired) electrons. The van der Waals surface area contributed by atoms with Crippen molar-refractivity contribution in [2.45, 2.75) is 122 Å². The van der Waals surface area contributed by atoms with Crippen LogP contribution in [0, 0.1) is 0 Å². The minimum absolute atomic E-state index is 0. The van der Waals surface area contributed by atoms with E-state index in [2.05, 4.69) is 23.5 Å². The first-order chi connectivity index (χ1) is 12.1. The zero-order valence-electron chi connectivity index (χ0n) is 18.5. The van der Waals surface area contributed by atoms with Crippen LogP contribution in [0.5, 0.6) is 0 Å². The van der Waals surface area contributed by atoms with Crippen LogP contribution in [0.2, 0.25) is 0 Å². The van der Waals surface area contributed by atoms with Crippen molar-refractivity contribution in [1.82, 2.24) is 0 Å². The van der Waals surface area contributed by atoms with Crippen molar-refractivity contribution in [1.29, 1.82) is 0 Å². The molecule has 0 aromatic heterocycles. The van der Waals surface area contributed by atoms with Crippen molar-refractivity contribution in [3.05, 3.63) is 0 Å². The van der Waals surface area contributed by atoms with Gasteiger partial charge in [0.15, 0.2) is 0 Å². The molecule has 0 bridgehead atoms. The second-order valence-corrected chi connectivity index (χ2v) is 9.47. The molecule has 3 nitrogen and oxygen atoms in total. The largest absolute Gasteiger partial charge is 1.00 e. The maximum absolute atomic E-state index is 11.1. The molecule has 0 spiro atoms. The van der Waals surface area contributed by atoms with Crippen molar-refractivity contribution in [3.8, 4) is 0 Å². The van der Waals surface area contributed by atoms with Crippen molar-refractivity contribution in [2.24, 2.45) is 0 Å².